The van der Waals surface area contributed by atoms with Crippen molar-refractivity contribution >= 4 is 21.5 Å². The number of nitrogens with two attached hydrogens (primary N) is 1. The Morgan fingerprint density at radius 2 is 1.29 bits per heavy atom. The lowest BCUT2D eigenvalue weighted by Crippen LogP contribution is -2.35. The van der Waals surface area contributed by atoms with Crippen LogP contribution < -0.4 is 5.73 Å². The molecule has 0 bridgehead atoms. The van der Waals surface area contributed by atoms with Gasteiger partial charge in [-0.05, 0) is 80.3 Å². The molecule has 1 nitrogen and oxygen atoms in total. The maximum Gasteiger partial charge on any atom is 0.0387 e. The van der Waals surface area contributed by atoms with Crippen LogP contribution in [0.15, 0.2) is 72.8 Å². The molecule has 0 aliphatic carbocycles. The predicted octanol–water partition coefficient (Wildman–Crippen LogP) is 9.35. The zero-order valence-electron chi connectivity index (χ0n) is 23.0. The molecule has 35 heavy (non-hydrogen) atoms. The first-order valence-corrected chi connectivity index (χ1v) is 13.2. The number of hydrogen-bond acceptors (Lipinski definition) is 1. The van der Waals surface area contributed by atoms with Crippen LogP contribution in [0.5, 0.6) is 0 Å². The molecule has 0 heterocycles. The highest BCUT2D eigenvalue weighted by Crippen LogP contribution is 2.40. The van der Waals surface area contributed by atoms with Crippen LogP contribution in [-0.4, -0.2) is 0 Å². The molecule has 0 aromatic heterocycles. The molecule has 1 unspecified atom stereocenters. The van der Waals surface area contributed by atoms with Gasteiger partial charge in [0.1, 0.15) is 0 Å². The fraction of sp³-hybridized carbons (Fsp3) is 0.412. The standard InChI is InChI=1S/C34H43N/c1-23(2)27-15-9-12-24-13-10-17-30(31(24)27)34(8,35)21-20-33(6,7)29-16-11-14-25-22-26(32(3,4)5)18-19-28(25)29/h9-19,22-23H,20-21,35H2,1-8H3. The molecule has 0 aliphatic heterocycles. The van der Waals surface area contributed by atoms with Gasteiger partial charge in [0.15, 0.2) is 0 Å². The van der Waals surface area contributed by atoms with Gasteiger partial charge in [-0.2, -0.15) is 0 Å². The third-order valence-electron chi connectivity index (χ3n) is 7.92. The Morgan fingerprint density at radius 1 is 0.686 bits per heavy atom. The maximum absolute atomic E-state index is 7.14. The molecule has 0 fully saturated rings. The highest BCUT2D eigenvalue weighted by molar-refractivity contribution is 5.90. The Bertz CT molecular complexity index is 1340. The van der Waals surface area contributed by atoms with Crippen molar-refractivity contribution in [3.05, 3.63) is 95.1 Å². The van der Waals surface area contributed by atoms with Crippen molar-refractivity contribution in [2.24, 2.45) is 5.73 Å². The van der Waals surface area contributed by atoms with Gasteiger partial charge in [-0.15, -0.1) is 0 Å². The molecule has 4 rings (SSSR count). The van der Waals surface area contributed by atoms with Gasteiger partial charge in [-0.3, -0.25) is 0 Å². The van der Waals surface area contributed by atoms with Gasteiger partial charge in [-0.25, -0.2) is 0 Å². The Kier molecular flexibility index (Phi) is 6.62. The van der Waals surface area contributed by atoms with Crippen molar-refractivity contribution in [3.63, 3.8) is 0 Å². The summed E-state index contributed by atoms with van der Waals surface area (Å²) in [7, 11) is 0. The molecular weight excluding hydrogens is 422 g/mol. The summed E-state index contributed by atoms with van der Waals surface area (Å²) in [5.74, 6) is 0.459. The highest BCUT2D eigenvalue weighted by Gasteiger charge is 2.30. The van der Waals surface area contributed by atoms with E-state index in [1.54, 1.807) is 0 Å². The molecule has 1 heteroatoms. The lowest BCUT2D eigenvalue weighted by Gasteiger charge is -2.34. The van der Waals surface area contributed by atoms with Crippen molar-refractivity contribution in [1.82, 2.24) is 0 Å². The van der Waals surface area contributed by atoms with Gasteiger partial charge in [0.2, 0.25) is 0 Å². The predicted molar refractivity (Wildman–Crippen MR) is 154 cm³/mol. The van der Waals surface area contributed by atoms with Gasteiger partial charge in [-0.1, -0.05) is 121 Å². The van der Waals surface area contributed by atoms with E-state index in [4.69, 9.17) is 5.73 Å². The summed E-state index contributed by atoms with van der Waals surface area (Å²) >= 11 is 0. The fourth-order valence-electron chi connectivity index (χ4n) is 5.51. The van der Waals surface area contributed by atoms with E-state index >= 15 is 0 Å². The normalized spacial score (nSPS) is 14.6. The van der Waals surface area contributed by atoms with Crippen LogP contribution in [0.1, 0.15) is 96.4 Å². The smallest absolute Gasteiger partial charge is 0.0387 e. The monoisotopic (exact) mass is 465 g/mol. The average Bonchev–Trinajstić information content (AvgIpc) is 2.80. The molecule has 184 valence electrons. The Morgan fingerprint density at radius 3 is 1.91 bits per heavy atom. The topological polar surface area (TPSA) is 26.0 Å². The second-order valence-corrected chi connectivity index (χ2v) is 12.7. The first kappa shape index (κ1) is 25.5. The van der Waals surface area contributed by atoms with Crippen molar-refractivity contribution in [3.8, 4) is 0 Å². The average molecular weight is 466 g/mol. The van der Waals surface area contributed by atoms with Gasteiger partial charge < -0.3 is 5.73 Å². The van der Waals surface area contributed by atoms with Gasteiger partial charge in [0, 0.05) is 5.54 Å². The van der Waals surface area contributed by atoms with Crippen LogP contribution in [0, 0.1) is 0 Å². The maximum atomic E-state index is 7.14. The highest BCUT2D eigenvalue weighted by atomic mass is 14.7. The number of benzene rings is 4. The Hall–Kier alpha value is -2.64. The zero-order chi connectivity index (χ0) is 25.6. The van der Waals surface area contributed by atoms with Crippen LogP contribution in [0.2, 0.25) is 0 Å². The summed E-state index contributed by atoms with van der Waals surface area (Å²) in [5, 5.41) is 5.31. The largest absolute Gasteiger partial charge is 0.322 e. The molecule has 0 aliphatic rings. The second-order valence-electron chi connectivity index (χ2n) is 12.7. The summed E-state index contributed by atoms with van der Waals surface area (Å²) < 4.78 is 0. The molecule has 2 N–H and O–H groups in total. The van der Waals surface area contributed by atoms with Crippen LogP contribution in [0.3, 0.4) is 0 Å². The van der Waals surface area contributed by atoms with Crippen molar-refractivity contribution in [2.75, 3.05) is 0 Å². The zero-order valence-corrected chi connectivity index (χ0v) is 23.0. The van der Waals surface area contributed by atoms with E-state index in [1.165, 1.54) is 43.8 Å². The first-order chi connectivity index (χ1) is 16.3. The lowest BCUT2D eigenvalue weighted by molar-refractivity contribution is 0.365. The molecule has 4 aromatic carbocycles. The fourth-order valence-corrected chi connectivity index (χ4v) is 5.51. The van der Waals surface area contributed by atoms with E-state index < -0.39 is 5.54 Å². The van der Waals surface area contributed by atoms with Crippen molar-refractivity contribution in [2.45, 2.75) is 90.5 Å². The molecule has 0 saturated heterocycles. The Balaban J connectivity index is 1.69. The van der Waals surface area contributed by atoms with E-state index in [1.807, 2.05) is 0 Å². The molecule has 0 saturated carbocycles. The first-order valence-electron chi connectivity index (χ1n) is 13.2. The lowest BCUT2D eigenvalue weighted by atomic mass is 9.73. The van der Waals surface area contributed by atoms with Gasteiger partial charge in [0.05, 0.1) is 0 Å². The van der Waals surface area contributed by atoms with Crippen LogP contribution in [0.25, 0.3) is 21.5 Å². The van der Waals surface area contributed by atoms with Crippen LogP contribution in [0.4, 0.5) is 0 Å². The molecule has 0 radical (unpaired) electrons. The second kappa shape index (κ2) is 9.10. The van der Waals surface area contributed by atoms with E-state index in [0.717, 1.165) is 12.8 Å². The molecule has 4 aromatic rings. The van der Waals surface area contributed by atoms with E-state index in [9.17, 15) is 0 Å². The summed E-state index contributed by atoms with van der Waals surface area (Å²) in [4.78, 5) is 0. The molecule has 0 spiro atoms. The van der Waals surface area contributed by atoms with Crippen LogP contribution >= 0.6 is 0 Å². The van der Waals surface area contributed by atoms with Crippen molar-refractivity contribution < 1.29 is 0 Å². The number of rotatable bonds is 6. The number of hydrogen-bond donors (Lipinski definition) is 1. The van der Waals surface area contributed by atoms with E-state index in [-0.39, 0.29) is 10.8 Å². The summed E-state index contributed by atoms with van der Waals surface area (Å²) in [6, 6.07) is 27.0. The van der Waals surface area contributed by atoms with Crippen LogP contribution in [-0.2, 0) is 16.4 Å². The van der Waals surface area contributed by atoms with Gasteiger partial charge >= 0.3 is 0 Å². The quantitative estimate of drug-likeness (QED) is 0.301. The van der Waals surface area contributed by atoms with E-state index in [0.29, 0.717) is 5.92 Å². The summed E-state index contributed by atoms with van der Waals surface area (Å²) in [6.45, 7) is 18.3. The summed E-state index contributed by atoms with van der Waals surface area (Å²) in [5.41, 5.74) is 12.3. The molecule has 0 amide bonds. The van der Waals surface area contributed by atoms with Crippen molar-refractivity contribution in [1.29, 1.82) is 0 Å². The molecular formula is C34H43N. The third kappa shape index (κ3) is 5.02. The van der Waals surface area contributed by atoms with E-state index in [2.05, 4.69) is 128 Å². The molecule has 1 atom stereocenters. The minimum absolute atomic E-state index is 0.00878. The third-order valence-corrected chi connectivity index (χ3v) is 7.92. The Labute approximate surface area is 212 Å². The SMILES string of the molecule is CC(C)c1cccc2cccc(C(C)(N)CCC(C)(C)c3cccc4cc(C(C)(C)C)ccc34)c12. The van der Waals surface area contributed by atoms with Gasteiger partial charge in [0.25, 0.3) is 0 Å². The minimum atomic E-state index is -0.411. The summed E-state index contributed by atoms with van der Waals surface area (Å²) in [6.07, 6.45) is 1.93. The minimum Gasteiger partial charge on any atom is -0.322 e. The number of fused-ring (bicyclic) bond motifs is 2.